The number of rotatable bonds is 9. The number of halogens is 1. The van der Waals surface area contributed by atoms with Crippen LogP contribution in [0.25, 0.3) is 16.8 Å². The van der Waals surface area contributed by atoms with Crippen molar-refractivity contribution in [3.63, 3.8) is 0 Å². The standard InChI is InChI=1S/C32H27BrN2O5/c1-2-3-17-39-25-14-12-24(13-15-25)35-31(37)27(30(36)34-32(35)38)18-21-11-16-29(28(33)19-21)40-20-23-9-6-8-22-7-4-5-10-26(22)23/h4-16,18-19H,2-3,17,20H2,1H3,(H,34,36,38)/b27-18-. The molecule has 40 heavy (non-hydrogen) atoms. The molecule has 8 heteroatoms. The van der Waals surface area contributed by atoms with Gasteiger partial charge in [0, 0.05) is 0 Å². The summed E-state index contributed by atoms with van der Waals surface area (Å²) in [6.45, 7) is 3.04. The molecule has 1 aliphatic heterocycles. The average molecular weight is 599 g/mol. The molecular formula is C32H27BrN2O5. The maximum Gasteiger partial charge on any atom is 0.335 e. The van der Waals surface area contributed by atoms with Gasteiger partial charge in [-0.05, 0) is 86.7 Å². The molecule has 1 fully saturated rings. The molecule has 0 atom stereocenters. The summed E-state index contributed by atoms with van der Waals surface area (Å²) in [7, 11) is 0. The van der Waals surface area contributed by atoms with Crippen LogP contribution in [0.2, 0.25) is 0 Å². The van der Waals surface area contributed by atoms with Crippen molar-refractivity contribution in [1.29, 1.82) is 0 Å². The number of anilines is 1. The van der Waals surface area contributed by atoms with Crippen LogP contribution in [0.5, 0.6) is 11.5 Å². The number of carbonyl (C=O) groups excluding carboxylic acids is 3. The number of hydrogen-bond donors (Lipinski definition) is 1. The molecule has 0 aliphatic carbocycles. The Morgan fingerprint density at radius 2 is 1.68 bits per heavy atom. The van der Waals surface area contributed by atoms with Crippen LogP contribution in [0.3, 0.4) is 0 Å². The molecule has 1 aliphatic rings. The first kappa shape index (κ1) is 27.1. The molecule has 1 saturated heterocycles. The van der Waals surface area contributed by atoms with Crippen LogP contribution in [0.1, 0.15) is 30.9 Å². The molecule has 0 bridgehead atoms. The fourth-order valence-corrected chi connectivity index (χ4v) is 4.89. The van der Waals surface area contributed by atoms with E-state index in [2.05, 4.69) is 46.4 Å². The molecule has 4 aromatic rings. The second-order valence-corrected chi connectivity index (χ2v) is 10.1. The molecule has 0 unspecified atom stereocenters. The summed E-state index contributed by atoms with van der Waals surface area (Å²) in [5.74, 6) is -0.201. The van der Waals surface area contributed by atoms with E-state index >= 15 is 0 Å². The fourth-order valence-electron chi connectivity index (χ4n) is 4.38. The Balaban J connectivity index is 1.32. The number of nitrogens with one attached hydrogen (secondary N) is 1. The predicted molar refractivity (Wildman–Crippen MR) is 158 cm³/mol. The lowest BCUT2D eigenvalue weighted by Crippen LogP contribution is -2.54. The normalized spacial score (nSPS) is 14.5. The fraction of sp³-hybridized carbons (Fsp3) is 0.156. The third kappa shape index (κ3) is 5.92. The van der Waals surface area contributed by atoms with Gasteiger partial charge in [-0.3, -0.25) is 14.9 Å². The van der Waals surface area contributed by atoms with Crippen LogP contribution in [-0.4, -0.2) is 24.5 Å². The molecular weight excluding hydrogens is 572 g/mol. The number of ether oxygens (including phenoxy) is 2. The first-order chi connectivity index (χ1) is 19.4. The number of amides is 4. The van der Waals surface area contributed by atoms with E-state index in [9.17, 15) is 14.4 Å². The zero-order valence-electron chi connectivity index (χ0n) is 21.9. The van der Waals surface area contributed by atoms with Gasteiger partial charge in [-0.25, -0.2) is 9.69 Å². The van der Waals surface area contributed by atoms with Gasteiger partial charge in [0.05, 0.1) is 16.8 Å². The van der Waals surface area contributed by atoms with Crippen LogP contribution in [0.15, 0.2) is 95.0 Å². The number of urea groups is 1. The summed E-state index contributed by atoms with van der Waals surface area (Å²) in [5, 5.41) is 4.52. The third-order valence-electron chi connectivity index (χ3n) is 6.49. The Morgan fingerprint density at radius 1 is 0.900 bits per heavy atom. The first-order valence-electron chi connectivity index (χ1n) is 13.0. The maximum absolute atomic E-state index is 13.3. The highest BCUT2D eigenvalue weighted by Gasteiger charge is 2.36. The zero-order chi connectivity index (χ0) is 28.1. The number of barbiturate groups is 1. The van der Waals surface area contributed by atoms with Crippen molar-refractivity contribution in [2.24, 2.45) is 0 Å². The van der Waals surface area contributed by atoms with Gasteiger partial charge >= 0.3 is 6.03 Å². The third-order valence-corrected chi connectivity index (χ3v) is 7.11. The summed E-state index contributed by atoms with van der Waals surface area (Å²) in [4.78, 5) is 39.4. The molecule has 0 aromatic heterocycles. The van der Waals surface area contributed by atoms with E-state index in [1.54, 1.807) is 42.5 Å². The molecule has 4 amide bonds. The number of nitrogens with zero attached hydrogens (tertiary/aromatic N) is 1. The van der Waals surface area contributed by atoms with Crippen molar-refractivity contribution in [2.45, 2.75) is 26.4 Å². The van der Waals surface area contributed by atoms with Gasteiger partial charge in [0.1, 0.15) is 23.7 Å². The molecule has 0 spiro atoms. The smallest absolute Gasteiger partial charge is 0.335 e. The number of carbonyl (C=O) groups is 3. The van der Waals surface area contributed by atoms with E-state index in [0.29, 0.717) is 40.4 Å². The maximum atomic E-state index is 13.3. The Labute approximate surface area is 240 Å². The van der Waals surface area contributed by atoms with Crippen LogP contribution >= 0.6 is 15.9 Å². The minimum Gasteiger partial charge on any atom is -0.494 e. The van der Waals surface area contributed by atoms with Crippen molar-refractivity contribution in [3.05, 3.63) is 106 Å². The van der Waals surface area contributed by atoms with Crippen LogP contribution in [0.4, 0.5) is 10.5 Å². The Morgan fingerprint density at radius 3 is 2.45 bits per heavy atom. The quantitative estimate of drug-likeness (QED) is 0.127. The summed E-state index contributed by atoms with van der Waals surface area (Å²) >= 11 is 3.54. The highest BCUT2D eigenvalue weighted by Crippen LogP contribution is 2.30. The van der Waals surface area contributed by atoms with Gasteiger partial charge in [-0.1, -0.05) is 61.9 Å². The van der Waals surface area contributed by atoms with Crippen molar-refractivity contribution < 1.29 is 23.9 Å². The molecule has 1 heterocycles. The van der Waals surface area contributed by atoms with Gasteiger partial charge in [0.15, 0.2) is 0 Å². The van der Waals surface area contributed by atoms with Crippen molar-refractivity contribution in [3.8, 4) is 11.5 Å². The minimum atomic E-state index is -0.801. The van der Waals surface area contributed by atoms with E-state index in [0.717, 1.165) is 34.1 Å². The van der Waals surface area contributed by atoms with E-state index in [4.69, 9.17) is 9.47 Å². The van der Waals surface area contributed by atoms with Crippen LogP contribution in [0, 0.1) is 0 Å². The lowest BCUT2D eigenvalue weighted by molar-refractivity contribution is -0.122. The van der Waals surface area contributed by atoms with Crippen LogP contribution < -0.4 is 19.7 Å². The van der Waals surface area contributed by atoms with Gasteiger partial charge in [-0.15, -0.1) is 0 Å². The number of fused-ring (bicyclic) bond motifs is 1. The molecule has 5 rings (SSSR count). The second-order valence-electron chi connectivity index (χ2n) is 9.27. The van der Waals surface area contributed by atoms with Gasteiger partial charge in [-0.2, -0.15) is 0 Å². The second kappa shape index (κ2) is 12.2. The Bertz CT molecular complexity index is 1610. The molecule has 1 N–H and O–H groups in total. The lowest BCUT2D eigenvalue weighted by atomic mass is 10.1. The van der Waals surface area contributed by atoms with Gasteiger partial charge in [0.25, 0.3) is 11.8 Å². The Hall–Kier alpha value is -4.43. The zero-order valence-corrected chi connectivity index (χ0v) is 23.4. The predicted octanol–water partition coefficient (Wildman–Crippen LogP) is 7.03. The first-order valence-corrected chi connectivity index (χ1v) is 13.8. The van der Waals surface area contributed by atoms with E-state index in [1.165, 1.54) is 6.08 Å². The monoisotopic (exact) mass is 598 g/mol. The molecule has 0 saturated carbocycles. The molecule has 7 nitrogen and oxygen atoms in total. The van der Waals surface area contributed by atoms with Crippen molar-refractivity contribution in [1.82, 2.24) is 5.32 Å². The highest BCUT2D eigenvalue weighted by atomic mass is 79.9. The molecule has 4 aromatic carbocycles. The average Bonchev–Trinajstić information content (AvgIpc) is 2.95. The minimum absolute atomic E-state index is 0.154. The lowest BCUT2D eigenvalue weighted by Gasteiger charge is -2.26. The molecule has 202 valence electrons. The van der Waals surface area contributed by atoms with Crippen molar-refractivity contribution >= 4 is 56.3 Å². The summed E-state index contributed by atoms with van der Waals surface area (Å²) in [6.07, 6.45) is 3.40. The van der Waals surface area contributed by atoms with E-state index in [-0.39, 0.29) is 5.57 Å². The largest absolute Gasteiger partial charge is 0.494 e. The highest BCUT2D eigenvalue weighted by molar-refractivity contribution is 9.10. The summed E-state index contributed by atoms with van der Waals surface area (Å²) in [6, 6.07) is 25.3. The van der Waals surface area contributed by atoms with Crippen LogP contribution in [-0.2, 0) is 16.2 Å². The Kier molecular flexibility index (Phi) is 8.26. The SMILES string of the molecule is CCCCOc1ccc(N2C(=O)NC(=O)/C(=C/c3ccc(OCc4cccc5ccccc45)c(Br)c3)C2=O)cc1. The van der Waals surface area contributed by atoms with Gasteiger partial charge in [0.2, 0.25) is 0 Å². The number of benzene rings is 4. The summed E-state index contributed by atoms with van der Waals surface area (Å²) < 4.78 is 12.4. The molecule has 0 radical (unpaired) electrons. The summed E-state index contributed by atoms with van der Waals surface area (Å²) in [5.41, 5.74) is 1.84. The van der Waals surface area contributed by atoms with Crippen molar-refractivity contribution in [2.75, 3.05) is 11.5 Å². The van der Waals surface area contributed by atoms with Gasteiger partial charge < -0.3 is 9.47 Å². The topological polar surface area (TPSA) is 84.9 Å². The van der Waals surface area contributed by atoms with E-state index < -0.39 is 17.8 Å². The number of unbranched alkanes of at least 4 members (excludes halogenated alkanes) is 1. The number of hydrogen-bond acceptors (Lipinski definition) is 5. The number of imide groups is 2. The van der Waals surface area contributed by atoms with E-state index in [1.807, 2.05) is 24.3 Å².